The lowest BCUT2D eigenvalue weighted by Gasteiger charge is -2.08. The van der Waals surface area contributed by atoms with Gasteiger partial charge in [0.25, 0.3) is 0 Å². The third kappa shape index (κ3) is 7.37. The van der Waals surface area contributed by atoms with Crippen LogP contribution in [0.15, 0.2) is 30.3 Å². The molecule has 0 aliphatic rings. The third-order valence-corrected chi connectivity index (χ3v) is 1.91. The van der Waals surface area contributed by atoms with Gasteiger partial charge in [-0.1, -0.05) is 44.2 Å². The molecule has 0 fully saturated rings. The molecule has 0 saturated carbocycles. The maximum atomic E-state index is 5.51. The maximum Gasteiger partial charge on any atom is 0.0717 e. The first-order chi connectivity index (χ1) is 6.79. The van der Waals surface area contributed by atoms with Crippen LogP contribution in [0.4, 0.5) is 0 Å². The van der Waals surface area contributed by atoms with E-state index in [9.17, 15) is 0 Å². The number of nitrogens with one attached hydrogen (secondary N) is 1. The fourth-order valence-corrected chi connectivity index (χ4v) is 1.18. The monoisotopic (exact) mass is 229 g/mol. The summed E-state index contributed by atoms with van der Waals surface area (Å²) in [5.74, 6) is 0. The summed E-state index contributed by atoms with van der Waals surface area (Å²) in [6.45, 7) is 6.67. The van der Waals surface area contributed by atoms with Crippen molar-refractivity contribution in [3.63, 3.8) is 0 Å². The molecule has 0 radical (unpaired) electrons. The van der Waals surface area contributed by atoms with Gasteiger partial charge in [-0.05, 0) is 5.56 Å². The van der Waals surface area contributed by atoms with E-state index in [4.69, 9.17) is 4.74 Å². The first-order valence-electron chi connectivity index (χ1n) is 5.14. The summed E-state index contributed by atoms with van der Waals surface area (Å²) in [6, 6.07) is 10.8. The molecular formula is C12H20ClNO. The van der Waals surface area contributed by atoms with Crippen molar-refractivity contribution in [3.8, 4) is 0 Å². The van der Waals surface area contributed by atoms with Crippen molar-refractivity contribution in [3.05, 3.63) is 35.9 Å². The quantitative estimate of drug-likeness (QED) is 0.758. The normalized spacial score (nSPS) is 10.1. The number of rotatable bonds is 6. The highest BCUT2D eigenvalue weighted by atomic mass is 35.5. The molecule has 86 valence electrons. The van der Waals surface area contributed by atoms with Crippen LogP contribution in [-0.4, -0.2) is 19.2 Å². The van der Waals surface area contributed by atoms with E-state index in [-0.39, 0.29) is 12.4 Å². The molecule has 0 unspecified atom stereocenters. The van der Waals surface area contributed by atoms with Gasteiger partial charge in [-0.3, -0.25) is 0 Å². The summed E-state index contributed by atoms with van der Waals surface area (Å²) >= 11 is 0. The van der Waals surface area contributed by atoms with Crippen molar-refractivity contribution in [2.75, 3.05) is 13.2 Å². The maximum absolute atomic E-state index is 5.51. The number of halogens is 1. The van der Waals surface area contributed by atoms with Crippen LogP contribution >= 0.6 is 12.4 Å². The van der Waals surface area contributed by atoms with Crippen molar-refractivity contribution in [2.45, 2.75) is 26.5 Å². The molecular weight excluding hydrogens is 210 g/mol. The molecule has 3 heteroatoms. The third-order valence-electron chi connectivity index (χ3n) is 1.91. The first kappa shape index (κ1) is 14.4. The second-order valence-corrected chi connectivity index (χ2v) is 3.65. The molecule has 1 N–H and O–H groups in total. The van der Waals surface area contributed by atoms with Crippen molar-refractivity contribution in [1.29, 1.82) is 0 Å². The van der Waals surface area contributed by atoms with Gasteiger partial charge in [0.1, 0.15) is 0 Å². The predicted octanol–water partition coefficient (Wildman–Crippen LogP) is 2.62. The molecule has 0 amide bonds. The number of hydrogen-bond donors (Lipinski definition) is 1. The smallest absolute Gasteiger partial charge is 0.0717 e. The van der Waals surface area contributed by atoms with Gasteiger partial charge < -0.3 is 10.1 Å². The minimum absolute atomic E-state index is 0. The van der Waals surface area contributed by atoms with Crippen LogP contribution in [-0.2, 0) is 11.3 Å². The van der Waals surface area contributed by atoms with E-state index < -0.39 is 0 Å². The fourth-order valence-electron chi connectivity index (χ4n) is 1.18. The van der Waals surface area contributed by atoms with Gasteiger partial charge in [0.15, 0.2) is 0 Å². The molecule has 0 aliphatic carbocycles. The van der Waals surface area contributed by atoms with E-state index in [1.807, 2.05) is 18.2 Å². The van der Waals surface area contributed by atoms with Crippen LogP contribution in [0.3, 0.4) is 0 Å². The van der Waals surface area contributed by atoms with Crippen LogP contribution in [0.5, 0.6) is 0 Å². The average Bonchev–Trinajstić information content (AvgIpc) is 2.18. The van der Waals surface area contributed by atoms with Gasteiger partial charge in [0, 0.05) is 12.6 Å². The zero-order valence-corrected chi connectivity index (χ0v) is 10.2. The Labute approximate surface area is 98.4 Å². The molecule has 0 bridgehead atoms. The van der Waals surface area contributed by atoms with Gasteiger partial charge in [-0.25, -0.2) is 0 Å². The lowest BCUT2D eigenvalue weighted by molar-refractivity contribution is 0.121. The molecule has 2 nitrogen and oxygen atoms in total. The Bertz CT molecular complexity index is 239. The summed E-state index contributed by atoms with van der Waals surface area (Å²) in [5, 5.41) is 3.31. The average molecular weight is 230 g/mol. The van der Waals surface area contributed by atoms with Gasteiger partial charge in [0.05, 0.1) is 13.2 Å². The SMILES string of the molecule is CC(C)NCCOCc1ccccc1.Cl. The summed E-state index contributed by atoms with van der Waals surface area (Å²) in [4.78, 5) is 0. The molecule has 0 heterocycles. The van der Waals surface area contributed by atoms with Crippen LogP contribution in [0.25, 0.3) is 0 Å². The molecule has 1 rings (SSSR count). The number of hydrogen-bond acceptors (Lipinski definition) is 2. The topological polar surface area (TPSA) is 21.3 Å². The van der Waals surface area contributed by atoms with E-state index in [1.54, 1.807) is 0 Å². The number of ether oxygens (including phenoxy) is 1. The summed E-state index contributed by atoms with van der Waals surface area (Å²) in [5.41, 5.74) is 1.23. The van der Waals surface area contributed by atoms with E-state index in [0.717, 1.165) is 13.2 Å². The Kier molecular flexibility index (Phi) is 8.38. The van der Waals surface area contributed by atoms with Crippen molar-refractivity contribution >= 4 is 12.4 Å². The number of benzene rings is 1. The molecule has 0 saturated heterocycles. The lowest BCUT2D eigenvalue weighted by Crippen LogP contribution is -2.26. The summed E-state index contributed by atoms with van der Waals surface area (Å²) in [7, 11) is 0. The highest BCUT2D eigenvalue weighted by molar-refractivity contribution is 5.85. The molecule has 0 aromatic heterocycles. The van der Waals surface area contributed by atoms with E-state index in [2.05, 4.69) is 31.3 Å². The molecule has 15 heavy (non-hydrogen) atoms. The Balaban J connectivity index is 0.00000196. The second-order valence-electron chi connectivity index (χ2n) is 3.65. The predicted molar refractivity (Wildman–Crippen MR) is 66.5 cm³/mol. The second kappa shape index (κ2) is 8.72. The van der Waals surface area contributed by atoms with Crippen LogP contribution < -0.4 is 5.32 Å². The molecule has 0 atom stereocenters. The molecule has 1 aromatic carbocycles. The highest BCUT2D eigenvalue weighted by Crippen LogP contribution is 1.99. The molecule has 0 spiro atoms. The van der Waals surface area contributed by atoms with E-state index in [0.29, 0.717) is 12.6 Å². The summed E-state index contributed by atoms with van der Waals surface area (Å²) < 4.78 is 5.51. The molecule has 0 aliphatic heterocycles. The zero-order chi connectivity index (χ0) is 10.2. The Morgan fingerprint density at radius 2 is 1.87 bits per heavy atom. The van der Waals surface area contributed by atoms with Gasteiger partial charge >= 0.3 is 0 Å². The zero-order valence-electron chi connectivity index (χ0n) is 9.40. The minimum atomic E-state index is 0. The Hall–Kier alpha value is -0.570. The van der Waals surface area contributed by atoms with Crippen molar-refractivity contribution in [2.24, 2.45) is 0 Å². The Morgan fingerprint density at radius 3 is 2.47 bits per heavy atom. The van der Waals surface area contributed by atoms with Crippen LogP contribution in [0.2, 0.25) is 0 Å². The standard InChI is InChI=1S/C12H19NO.ClH/c1-11(2)13-8-9-14-10-12-6-4-3-5-7-12;/h3-7,11,13H,8-10H2,1-2H3;1H. The Morgan fingerprint density at radius 1 is 1.20 bits per heavy atom. The van der Waals surface area contributed by atoms with Crippen LogP contribution in [0, 0.1) is 0 Å². The lowest BCUT2D eigenvalue weighted by atomic mass is 10.2. The van der Waals surface area contributed by atoms with E-state index >= 15 is 0 Å². The van der Waals surface area contributed by atoms with Gasteiger partial charge in [0.2, 0.25) is 0 Å². The minimum Gasteiger partial charge on any atom is -0.375 e. The van der Waals surface area contributed by atoms with Crippen molar-refractivity contribution in [1.82, 2.24) is 5.32 Å². The van der Waals surface area contributed by atoms with Gasteiger partial charge in [-0.15, -0.1) is 12.4 Å². The van der Waals surface area contributed by atoms with Gasteiger partial charge in [-0.2, -0.15) is 0 Å². The largest absolute Gasteiger partial charge is 0.375 e. The van der Waals surface area contributed by atoms with Crippen LogP contribution in [0.1, 0.15) is 19.4 Å². The fraction of sp³-hybridized carbons (Fsp3) is 0.500. The first-order valence-corrected chi connectivity index (χ1v) is 5.14. The van der Waals surface area contributed by atoms with Crippen molar-refractivity contribution < 1.29 is 4.74 Å². The summed E-state index contributed by atoms with van der Waals surface area (Å²) in [6.07, 6.45) is 0. The molecule has 1 aromatic rings. The highest BCUT2D eigenvalue weighted by Gasteiger charge is 1.93. The van der Waals surface area contributed by atoms with E-state index in [1.165, 1.54) is 5.56 Å².